The molecule has 0 saturated heterocycles. The summed E-state index contributed by atoms with van der Waals surface area (Å²) in [5.41, 5.74) is 6.01. The van der Waals surface area contributed by atoms with Gasteiger partial charge in [-0.15, -0.1) is 10.2 Å². The predicted octanol–water partition coefficient (Wildman–Crippen LogP) is 4.45. The standard InChI is InChI=1S/C25H36N8OSi2/c1-17-9-11-19(13-26-17)21-23(32(30-28-21)15-35(3,4)5)25(34)24-22(20-12-10-18(2)27-14-20)29-31-33(24)16-36(6,7)8/h9-14,25,34H,15-16H2,1-8H3. The fraction of sp³-hybridized carbons (Fsp3) is 0.440. The molecule has 0 aliphatic carbocycles. The van der Waals surface area contributed by atoms with Crippen LogP contribution in [0.1, 0.15) is 28.9 Å². The Hall–Kier alpha value is -3.03. The molecular weight excluding hydrogens is 485 g/mol. The highest BCUT2D eigenvalue weighted by Gasteiger charge is 2.33. The van der Waals surface area contributed by atoms with E-state index in [9.17, 15) is 5.11 Å². The van der Waals surface area contributed by atoms with Gasteiger partial charge in [-0.1, -0.05) is 49.7 Å². The van der Waals surface area contributed by atoms with Crippen LogP contribution < -0.4 is 0 Å². The molecule has 0 amide bonds. The normalized spacial score (nSPS) is 12.5. The lowest BCUT2D eigenvalue weighted by Crippen LogP contribution is -2.32. The number of nitrogens with zero attached hydrogens (tertiary/aromatic N) is 8. The van der Waals surface area contributed by atoms with Gasteiger partial charge in [-0.2, -0.15) is 0 Å². The quantitative estimate of drug-likeness (QED) is 0.342. The summed E-state index contributed by atoms with van der Waals surface area (Å²) in [6.45, 7) is 17.6. The average molecular weight is 521 g/mol. The maximum atomic E-state index is 12.1. The van der Waals surface area contributed by atoms with Gasteiger partial charge < -0.3 is 5.11 Å². The molecule has 0 spiro atoms. The number of aromatic nitrogens is 8. The molecule has 4 rings (SSSR count). The molecule has 0 unspecified atom stereocenters. The van der Waals surface area contributed by atoms with Crippen LogP contribution >= 0.6 is 0 Å². The highest BCUT2D eigenvalue weighted by molar-refractivity contribution is 6.75. The van der Waals surface area contributed by atoms with Crippen LogP contribution in [0.15, 0.2) is 36.7 Å². The fourth-order valence-corrected chi connectivity index (χ4v) is 6.34. The van der Waals surface area contributed by atoms with Crippen molar-refractivity contribution in [1.82, 2.24) is 40.0 Å². The van der Waals surface area contributed by atoms with Crippen LogP contribution in [0.4, 0.5) is 0 Å². The van der Waals surface area contributed by atoms with Gasteiger partial charge in [0, 0.05) is 47.2 Å². The van der Waals surface area contributed by atoms with Crippen LogP contribution in [0.2, 0.25) is 39.3 Å². The summed E-state index contributed by atoms with van der Waals surface area (Å²) in [6, 6.07) is 7.85. The first-order chi connectivity index (χ1) is 16.8. The van der Waals surface area contributed by atoms with Crippen molar-refractivity contribution in [3.63, 3.8) is 0 Å². The van der Waals surface area contributed by atoms with E-state index >= 15 is 0 Å². The molecule has 9 nitrogen and oxygen atoms in total. The van der Waals surface area contributed by atoms with Gasteiger partial charge in [0.05, 0.1) is 16.1 Å². The molecule has 36 heavy (non-hydrogen) atoms. The van der Waals surface area contributed by atoms with Gasteiger partial charge in [0.15, 0.2) is 0 Å². The molecule has 0 bridgehead atoms. The van der Waals surface area contributed by atoms with Crippen molar-refractivity contribution in [2.24, 2.45) is 0 Å². The molecule has 0 aromatic carbocycles. The maximum absolute atomic E-state index is 12.1. The van der Waals surface area contributed by atoms with Crippen LogP contribution in [0.3, 0.4) is 0 Å². The zero-order valence-electron chi connectivity index (χ0n) is 22.5. The van der Waals surface area contributed by atoms with Gasteiger partial charge >= 0.3 is 0 Å². The zero-order valence-corrected chi connectivity index (χ0v) is 24.5. The van der Waals surface area contributed by atoms with Gasteiger partial charge in [0.1, 0.15) is 28.9 Å². The Morgan fingerprint density at radius 2 is 1.08 bits per heavy atom. The highest BCUT2D eigenvalue weighted by Crippen LogP contribution is 2.35. The summed E-state index contributed by atoms with van der Waals surface area (Å²) in [4.78, 5) is 8.92. The van der Waals surface area contributed by atoms with Gasteiger partial charge in [-0.05, 0) is 38.1 Å². The van der Waals surface area contributed by atoms with E-state index in [2.05, 4.69) is 69.9 Å². The van der Waals surface area contributed by atoms with Crippen molar-refractivity contribution in [3.8, 4) is 22.5 Å². The minimum atomic E-state index is -1.60. The smallest absolute Gasteiger partial charge is 0.142 e. The summed E-state index contributed by atoms with van der Waals surface area (Å²) < 4.78 is 3.74. The number of hydrogen-bond donors (Lipinski definition) is 1. The van der Waals surface area contributed by atoms with Gasteiger partial charge in [0.2, 0.25) is 0 Å². The second kappa shape index (κ2) is 9.79. The van der Waals surface area contributed by atoms with E-state index in [1.165, 1.54) is 0 Å². The van der Waals surface area contributed by atoms with Crippen molar-refractivity contribution in [1.29, 1.82) is 0 Å². The topological polar surface area (TPSA) is 107 Å². The monoisotopic (exact) mass is 520 g/mol. The van der Waals surface area contributed by atoms with E-state index in [1.54, 1.807) is 12.4 Å². The largest absolute Gasteiger partial charge is 0.380 e. The van der Waals surface area contributed by atoms with E-state index in [0.29, 0.717) is 22.8 Å². The van der Waals surface area contributed by atoms with Crippen LogP contribution in [0, 0.1) is 13.8 Å². The molecule has 4 heterocycles. The number of aliphatic hydroxyl groups is 1. The number of pyridine rings is 2. The Morgan fingerprint density at radius 1 is 0.694 bits per heavy atom. The average Bonchev–Trinajstić information content (AvgIpc) is 3.36. The van der Waals surface area contributed by atoms with E-state index in [4.69, 9.17) is 0 Å². The number of aliphatic hydroxyl groups excluding tert-OH is 1. The van der Waals surface area contributed by atoms with Gasteiger partial charge in [-0.3, -0.25) is 9.97 Å². The molecule has 0 radical (unpaired) electrons. The number of rotatable bonds is 8. The molecule has 0 aliphatic heterocycles. The predicted molar refractivity (Wildman–Crippen MR) is 147 cm³/mol. The lowest BCUT2D eigenvalue weighted by Gasteiger charge is -2.22. The Bertz CT molecular complexity index is 1230. The Labute approximate surface area is 214 Å². The first-order valence-corrected chi connectivity index (χ1v) is 19.6. The molecule has 190 valence electrons. The summed E-state index contributed by atoms with van der Waals surface area (Å²) in [6.07, 6.45) is 3.99. The van der Waals surface area contributed by atoms with Crippen molar-refractivity contribution in [2.75, 3.05) is 0 Å². The molecule has 0 fully saturated rings. The van der Waals surface area contributed by atoms with E-state index in [-0.39, 0.29) is 0 Å². The Morgan fingerprint density at radius 3 is 1.39 bits per heavy atom. The Balaban J connectivity index is 1.93. The summed E-state index contributed by atoms with van der Waals surface area (Å²) in [7, 11) is -3.20. The van der Waals surface area contributed by atoms with Crippen LogP contribution in [0.25, 0.3) is 22.5 Å². The van der Waals surface area contributed by atoms with E-state index < -0.39 is 22.3 Å². The minimum absolute atomic E-state index is 0.627. The van der Waals surface area contributed by atoms with E-state index in [0.717, 1.165) is 34.9 Å². The summed E-state index contributed by atoms with van der Waals surface area (Å²) in [5.74, 6) is 0. The third-order valence-electron chi connectivity index (χ3n) is 5.68. The van der Waals surface area contributed by atoms with Crippen molar-refractivity contribution in [3.05, 3.63) is 59.4 Å². The molecular formula is C25H36N8OSi2. The minimum Gasteiger partial charge on any atom is -0.380 e. The van der Waals surface area contributed by atoms with E-state index in [1.807, 2.05) is 47.5 Å². The molecule has 0 aliphatic rings. The van der Waals surface area contributed by atoms with Gasteiger partial charge in [0.25, 0.3) is 0 Å². The third kappa shape index (κ3) is 5.85. The van der Waals surface area contributed by atoms with Crippen molar-refractivity contribution >= 4 is 16.1 Å². The summed E-state index contributed by atoms with van der Waals surface area (Å²) >= 11 is 0. The molecule has 0 atom stereocenters. The molecule has 11 heteroatoms. The second-order valence-corrected chi connectivity index (χ2v) is 22.7. The number of hydrogen-bond acceptors (Lipinski definition) is 7. The SMILES string of the molecule is Cc1ccc(-c2nnn(C[Si](C)(C)C)c2C(O)c2c(-c3ccc(C)nc3)nnn2C[Si](C)(C)C)cn1. The van der Waals surface area contributed by atoms with Crippen LogP contribution in [-0.4, -0.2) is 61.2 Å². The van der Waals surface area contributed by atoms with Crippen LogP contribution in [-0.2, 0) is 12.3 Å². The second-order valence-electron chi connectivity index (χ2n) is 11.9. The highest BCUT2D eigenvalue weighted by atomic mass is 28.3. The maximum Gasteiger partial charge on any atom is 0.142 e. The van der Waals surface area contributed by atoms with Crippen LogP contribution in [0.5, 0.6) is 0 Å². The van der Waals surface area contributed by atoms with Gasteiger partial charge in [-0.25, -0.2) is 9.36 Å². The zero-order chi connectivity index (χ0) is 26.3. The molecule has 0 saturated carbocycles. The summed E-state index contributed by atoms with van der Waals surface area (Å²) in [5, 5.41) is 30.2. The van der Waals surface area contributed by atoms with Crippen molar-refractivity contribution in [2.45, 2.75) is 71.6 Å². The van der Waals surface area contributed by atoms with Crippen molar-refractivity contribution < 1.29 is 5.11 Å². The lowest BCUT2D eigenvalue weighted by atomic mass is 10.0. The molecule has 1 N–H and O–H groups in total. The number of aryl methyl sites for hydroxylation is 2. The first kappa shape index (κ1) is 26.0. The molecule has 4 aromatic rings. The third-order valence-corrected chi connectivity index (χ3v) is 8.18. The molecule has 4 aromatic heterocycles. The lowest BCUT2D eigenvalue weighted by molar-refractivity contribution is 0.199. The first-order valence-electron chi connectivity index (χ1n) is 12.2. The Kier molecular flexibility index (Phi) is 7.08. The fourth-order valence-electron chi connectivity index (χ4n) is 4.07.